The lowest BCUT2D eigenvalue weighted by atomic mass is 10.0. The van der Waals surface area contributed by atoms with E-state index in [-0.39, 0.29) is 11.1 Å². The summed E-state index contributed by atoms with van der Waals surface area (Å²) in [5.41, 5.74) is 6.42. The van der Waals surface area contributed by atoms with Gasteiger partial charge in [0.25, 0.3) is 0 Å². The third kappa shape index (κ3) is 2.53. The van der Waals surface area contributed by atoms with Gasteiger partial charge in [0, 0.05) is 12.2 Å². The van der Waals surface area contributed by atoms with Gasteiger partial charge in [-0.1, -0.05) is 17.7 Å². The predicted octanol–water partition coefficient (Wildman–Crippen LogP) is 2.84. The van der Waals surface area contributed by atoms with Gasteiger partial charge in [0.15, 0.2) is 0 Å². The minimum atomic E-state index is -0.668. The molecule has 1 aromatic heterocycles. The highest BCUT2D eigenvalue weighted by Gasteiger charge is 2.12. The van der Waals surface area contributed by atoms with Crippen LogP contribution in [0.1, 0.15) is 24.4 Å². The molecule has 0 bridgehead atoms. The lowest BCUT2D eigenvalue weighted by Gasteiger charge is -2.12. The molecule has 1 heterocycles. The highest BCUT2D eigenvalue weighted by Crippen LogP contribution is 2.25. The highest BCUT2D eigenvalue weighted by atomic mass is 35.5. The molecule has 1 atom stereocenters. The number of hydrogen-bond acceptors (Lipinski definition) is 2. The van der Waals surface area contributed by atoms with Gasteiger partial charge in [0.2, 0.25) is 5.95 Å². The smallest absolute Gasteiger partial charge is 0.231 e. The molecule has 2 nitrogen and oxygen atoms in total. The summed E-state index contributed by atoms with van der Waals surface area (Å²) in [7, 11) is 0. The molecular weight excluding hydrogens is 203 g/mol. The number of nitrogens with zero attached hydrogens (tertiary/aromatic N) is 1. The maximum absolute atomic E-state index is 12.9. The van der Waals surface area contributed by atoms with E-state index in [4.69, 9.17) is 17.3 Å². The first-order valence-corrected chi connectivity index (χ1v) is 4.71. The van der Waals surface area contributed by atoms with E-state index in [1.54, 1.807) is 12.1 Å². The second-order valence-corrected chi connectivity index (χ2v) is 3.36. The average Bonchev–Trinajstić information content (AvgIpc) is 2.18. The van der Waals surface area contributed by atoms with Gasteiger partial charge >= 0.3 is 0 Å². The Labute approximate surface area is 87.6 Å². The number of halogens is 2. The lowest BCUT2D eigenvalue weighted by Crippen LogP contribution is -2.11. The molecule has 0 aliphatic rings. The van der Waals surface area contributed by atoms with Crippen LogP contribution in [-0.4, -0.2) is 4.98 Å². The molecule has 76 valence electrons. The average molecular weight is 215 g/mol. The molecule has 0 aliphatic carbocycles. The van der Waals surface area contributed by atoms with Gasteiger partial charge in [-0.3, -0.25) is 0 Å². The number of allylic oxidation sites excluding steroid dienone is 1. The molecule has 4 heteroatoms. The molecule has 0 saturated carbocycles. The Hall–Kier alpha value is -0.930. The Morgan fingerprint density at radius 2 is 2.43 bits per heavy atom. The Morgan fingerprint density at radius 1 is 1.71 bits per heavy atom. The van der Waals surface area contributed by atoms with Crippen molar-refractivity contribution in [2.24, 2.45) is 5.73 Å². The van der Waals surface area contributed by atoms with Crippen molar-refractivity contribution >= 4 is 11.6 Å². The summed E-state index contributed by atoms with van der Waals surface area (Å²) in [5, 5.41) is 0.0177. The van der Waals surface area contributed by atoms with Crippen molar-refractivity contribution in [2.75, 3.05) is 0 Å². The molecular formula is C10H12ClFN2. The van der Waals surface area contributed by atoms with E-state index in [1.807, 2.05) is 0 Å². The van der Waals surface area contributed by atoms with Crippen LogP contribution in [0.3, 0.4) is 0 Å². The lowest BCUT2D eigenvalue weighted by molar-refractivity contribution is 0.573. The predicted molar refractivity (Wildman–Crippen MR) is 55.6 cm³/mol. The fourth-order valence-corrected chi connectivity index (χ4v) is 1.42. The molecule has 0 aromatic carbocycles. The molecule has 0 fully saturated rings. The molecule has 14 heavy (non-hydrogen) atoms. The van der Waals surface area contributed by atoms with Gasteiger partial charge in [-0.05, 0) is 24.5 Å². The summed E-state index contributed by atoms with van der Waals surface area (Å²) in [6.07, 6.45) is 4.61. The van der Waals surface area contributed by atoms with Crippen LogP contribution in [0.5, 0.6) is 0 Å². The summed E-state index contributed by atoms with van der Waals surface area (Å²) < 4.78 is 12.9. The molecule has 0 radical (unpaired) electrons. The van der Waals surface area contributed by atoms with Gasteiger partial charge in [-0.15, -0.1) is 6.58 Å². The fourth-order valence-electron chi connectivity index (χ4n) is 1.17. The summed E-state index contributed by atoms with van der Waals surface area (Å²) >= 11 is 5.72. The van der Waals surface area contributed by atoms with Crippen LogP contribution in [-0.2, 0) is 0 Å². The maximum atomic E-state index is 12.9. The Bertz CT molecular complexity index is 328. The van der Waals surface area contributed by atoms with Crippen LogP contribution >= 0.6 is 11.6 Å². The van der Waals surface area contributed by atoms with E-state index in [9.17, 15) is 4.39 Å². The van der Waals surface area contributed by atoms with Crippen LogP contribution in [0, 0.1) is 5.95 Å². The van der Waals surface area contributed by atoms with Crippen LogP contribution in [0.15, 0.2) is 24.9 Å². The van der Waals surface area contributed by atoms with Crippen molar-refractivity contribution in [3.8, 4) is 0 Å². The van der Waals surface area contributed by atoms with Crippen molar-refractivity contribution in [3.63, 3.8) is 0 Å². The van der Waals surface area contributed by atoms with E-state index >= 15 is 0 Å². The molecule has 2 N–H and O–H groups in total. The van der Waals surface area contributed by atoms with Crippen LogP contribution < -0.4 is 5.73 Å². The van der Waals surface area contributed by atoms with Crippen LogP contribution in [0.25, 0.3) is 0 Å². The van der Waals surface area contributed by atoms with E-state index in [0.717, 1.165) is 6.42 Å². The fraction of sp³-hybridized carbons (Fsp3) is 0.300. The number of nitrogens with two attached hydrogens (primary N) is 1. The van der Waals surface area contributed by atoms with E-state index in [0.29, 0.717) is 12.0 Å². The molecule has 0 spiro atoms. The van der Waals surface area contributed by atoms with Crippen molar-refractivity contribution in [3.05, 3.63) is 41.5 Å². The molecule has 0 saturated heterocycles. The first-order chi connectivity index (χ1) is 6.66. The number of aromatic nitrogens is 1. The molecule has 0 aliphatic heterocycles. The van der Waals surface area contributed by atoms with Gasteiger partial charge in [-0.2, -0.15) is 4.39 Å². The SMILES string of the molecule is C=CCC[C@H](N)c1ccnc(F)c1Cl. The first kappa shape index (κ1) is 11.1. The number of hydrogen-bond donors (Lipinski definition) is 1. The van der Waals surface area contributed by atoms with E-state index < -0.39 is 5.95 Å². The summed E-state index contributed by atoms with van der Waals surface area (Å²) in [4.78, 5) is 3.43. The van der Waals surface area contributed by atoms with Gasteiger partial charge in [-0.25, -0.2) is 4.98 Å². The normalized spacial score (nSPS) is 12.5. The first-order valence-electron chi connectivity index (χ1n) is 4.33. The molecule has 1 rings (SSSR count). The number of rotatable bonds is 4. The number of pyridine rings is 1. The van der Waals surface area contributed by atoms with Crippen molar-refractivity contribution in [1.29, 1.82) is 0 Å². The molecule has 0 unspecified atom stereocenters. The monoisotopic (exact) mass is 214 g/mol. The standard InChI is InChI=1S/C10H12ClFN2/c1-2-3-4-8(13)7-5-6-14-10(12)9(7)11/h2,5-6,8H,1,3-4,13H2/t8-/m0/s1. The van der Waals surface area contributed by atoms with Gasteiger partial charge < -0.3 is 5.73 Å². The summed E-state index contributed by atoms with van der Waals surface area (Å²) in [6, 6.07) is 1.37. The topological polar surface area (TPSA) is 38.9 Å². The molecule has 1 aromatic rings. The Morgan fingerprint density at radius 3 is 3.07 bits per heavy atom. The van der Waals surface area contributed by atoms with Gasteiger partial charge in [0.05, 0.1) is 0 Å². The Kier molecular flexibility index (Phi) is 4.04. The van der Waals surface area contributed by atoms with Crippen molar-refractivity contribution in [2.45, 2.75) is 18.9 Å². The second-order valence-electron chi connectivity index (χ2n) is 2.98. The Balaban J connectivity index is 2.83. The quantitative estimate of drug-likeness (QED) is 0.618. The van der Waals surface area contributed by atoms with Crippen molar-refractivity contribution in [1.82, 2.24) is 4.98 Å². The van der Waals surface area contributed by atoms with Crippen LogP contribution in [0.2, 0.25) is 5.02 Å². The summed E-state index contributed by atoms with van der Waals surface area (Å²) in [5.74, 6) is -0.668. The highest BCUT2D eigenvalue weighted by molar-refractivity contribution is 6.31. The minimum Gasteiger partial charge on any atom is -0.324 e. The van der Waals surface area contributed by atoms with Crippen molar-refractivity contribution < 1.29 is 4.39 Å². The van der Waals surface area contributed by atoms with E-state index in [1.165, 1.54) is 6.20 Å². The minimum absolute atomic E-state index is 0.0177. The zero-order valence-corrected chi connectivity index (χ0v) is 8.47. The largest absolute Gasteiger partial charge is 0.324 e. The zero-order chi connectivity index (χ0) is 10.6. The van der Waals surface area contributed by atoms with Crippen LogP contribution in [0.4, 0.5) is 4.39 Å². The summed E-state index contributed by atoms with van der Waals surface area (Å²) in [6.45, 7) is 3.59. The zero-order valence-electron chi connectivity index (χ0n) is 7.71. The maximum Gasteiger partial charge on any atom is 0.231 e. The second kappa shape index (κ2) is 5.08. The third-order valence-electron chi connectivity index (χ3n) is 1.96. The molecule has 0 amide bonds. The van der Waals surface area contributed by atoms with E-state index in [2.05, 4.69) is 11.6 Å². The van der Waals surface area contributed by atoms with Gasteiger partial charge in [0.1, 0.15) is 5.02 Å². The third-order valence-corrected chi connectivity index (χ3v) is 2.33.